The van der Waals surface area contributed by atoms with E-state index in [0.717, 1.165) is 12.5 Å². The molecule has 0 bridgehead atoms. The fraction of sp³-hybridized carbons (Fsp3) is 0.231. The van der Waals surface area contributed by atoms with Gasteiger partial charge in [0.1, 0.15) is 11.3 Å². The summed E-state index contributed by atoms with van der Waals surface area (Å²) >= 11 is 0. The second-order valence-corrected chi connectivity index (χ2v) is 4.06. The molecule has 0 saturated carbocycles. The lowest BCUT2D eigenvalue weighted by molar-refractivity contribution is 0.0697. The molecule has 2 rings (SSSR count). The first-order valence-corrected chi connectivity index (χ1v) is 5.79. The van der Waals surface area contributed by atoms with E-state index >= 15 is 0 Å². The first-order valence-electron chi connectivity index (χ1n) is 5.79. The summed E-state index contributed by atoms with van der Waals surface area (Å²) in [6, 6.07) is 3.60. The van der Waals surface area contributed by atoms with Gasteiger partial charge in [0.05, 0.1) is 0 Å². The van der Waals surface area contributed by atoms with Gasteiger partial charge < -0.3 is 5.11 Å². The summed E-state index contributed by atoms with van der Waals surface area (Å²) < 4.78 is 28.3. The fourth-order valence-corrected chi connectivity index (χ4v) is 1.81. The molecule has 6 heteroatoms. The number of benzene rings is 1. The normalized spacial score (nSPS) is 10.7. The molecule has 2 aromatic rings. The quantitative estimate of drug-likeness (QED) is 0.925. The van der Waals surface area contributed by atoms with Crippen LogP contribution < -0.4 is 0 Å². The smallest absolute Gasteiger partial charge is 0.339 e. The second-order valence-electron chi connectivity index (χ2n) is 4.06. The minimum atomic E-state index is -1.22. The van der Waals surface area contributed by atoms with Gasteiger partial charge in [0.2, 0.25) is 0 Å². The van der Waals surface area contributed by atoms with Crippen LogP contribution in [0, 0.1) is 11.6 Å². The second kappa shape index (κ2) is 5.17. The molecule has 0 unspecified atom stereocenters. The summed E-state index contributed by atoms with van der Waals surface area (Å²) in [5.41, 5.74) is -0.344. The minimum absolute atomic E-state index is 0.0575. The van der Waals surface area contributed by atoms with Crippen molar-refractivity contribution in [2.24, 2.45) is 0 Å². The topological polar surface area (TPSA) is 55.1 Å². The van der Waals surface area contributed by atoms with Crippen molar-refractivity contribution in [2.75, 3.05) is 0 Å². The van der Waals surface area contributed by atoms with Gasteiger partial charge in [0.15, 0.2) is 11.6 Å². The molecule has 0 amide bonds. The molecule has 100 valence electrons. The zero-order chi connectivity index (χ0) is 14.0. The Balaban J connectivity index is 2.60. The molecule has 0 aliphatic carbocycles. The van der Waals surface area contributed by atoms with Crippen LogP contribution in [0.4, 0.5) is 8.78 Å². The number of rotatable bonds is 4. The van der Waals surface area contributed by atoms with E-state index in [9.17, 15) is 13.6 Å². The van der Waals surface area contributed by atoms with Crippen molar-refractivity contribution in [1.82, 2.24) is 9.78 Å². The molecule has 0 saturated heterocycles. The number of carboxylic acids is 1. The van der Waals surface area contributed by atoms with Gasteiger partial charge in [0.25, 0.3) is 0 Å². The van der Waals surface area contributed by atoms with Gasteiger partial charge in [-0.25, -0.2) is 13.6 Å². The Morgan fingerprint density at radius 1 is 1.42 bits per heavy atom. The third-order valence-electron chi connectivity index (χ3n) is 2.65. The maximum atomic E-state index is 13.7. The molecule has 0 aliphatic heterocycles. The maximum absolute atomic E-state index is 13.7. The SMILES string of the molecule is CCCn1cc(C(=O)O)c(-c2cccc(F)c2F)n1. The highest BCUT2D eigenvalue weighted by atomic mass is 19.2. The van der Waals surface area contributed by atoms with Crippen LogP contribution in [0.2, 0.25) is 0 Å². The van der Waals surface area contributed by atoms with E-state index in [2.05, 4.69) is 5.10 Å². The van der Waals surface area contributed by atoms with E-state index in [1.54, 1.807) is 0 Å². The van der Waals surface area contributed by atoms with E-state index in [-0.39, 0.29) is 16.8 Å². The fourth-order valence-electron chi connectivity index (χ4n) is 1.81. The molecule has 0 fully saturated rings. The first-order chi connectivity index (χ1) is 9.04. The number of hydrogen-bond acceptors (Lipinski definition) is 2. The molecule has 0 atom stereocenters. The zero-order valence-electron chi connectivity index (χ0n) is 10.2. The van der Waals surface area contributed by atoms with Gasteiger partial charge in [-0.15, -0.1) is 0 Å². The van der Waals surface area contributed by atoms with Crippen LogP contribution in [0.5, 0.6) is 0 Å². The van der Waals surface area contributed by atoms with Crippen molar-refractivity contribution in [1.29, 1.82) is 0 Å². The molecular formula is C13H12F2N2O2. The molecule has 0 radical (unpaired) electrons. The summed E-state index contributed by atoms with van der Waals surface area (Å²) in [4.78, 5) is 11.1. The van der Waals surface area contributed by atoms with Crippen LogP contribution in [-0.4, -0.2) is 20.9 Å². The Morgan fingerprint density at radius 2 is 2.16 bits per heavy atom. The van der Waals surface area contributed by atoms with Crippen LogP contribution >= 0.6 is 0 Å². The van der Waals surface area contributed by atoms with Crippen LogP contribution in [0.3, 0.4) is 0 Å². The highest BCUT2D eigenvalue weighted by Gasteiger charge is 2.21. The monoisotopic (exact) mass is 266 g/mol. The van der Waals surface area contributed by atoms with Crippen LogP contribution in [0.15, 0.2) is 24.4 Å². The van der Waals surface area contributed by atoms with E-state index in [0.29, 0.717) is 6.54 Å². The third-order valence-corrected chi connectivity index (χ3v) is 2.65. The van der Waals surface area contributed by atoms with Gasteiger partial charge in [-0.3, -0.25) is 4.68 Å². The summed E-state index contributed by atoms with van der Waals surface area (Å²) in [5, 5.41) is 13.1. The van der Waals surface area contributed by atoms with Gasteiger partial charge >= 0.3 is 5.97 Å². The standard InChI is InChI=1S/C13H12F2N2O2/c1-2-6-17-7-9(13(18)19)12(16-17)8-4-3-5-10(14)11(8)15/h3-5,7H,2,6H2,1H3,(H,18,19). The largest absolute Gasteiger partial charge is 0.478 e. The molecule has 1 heterocycles. The Bertz CT molecular complexity index is 623. The predicted octanol–water partition coefficient (Wildman–Crippen LogP) is 2.94. The van der Waals surface area contributed by atoms with E-state index in [1.165, 1.54) is 23.0 Å². The van der Waals surface area contributed by atoms with Crippen LogP contribution in [0.1, 0.15) is 23.7 Å². The summed E-state index contributed by atoms with van der Waals surface area (Å²) in [7, 11) is 0. The average Bonchev–Trinajstić information content (AvgIpc) is 2.77. The molecule has 0 aliphatic rings. The lowest BCUT2D eigenvalue weighted by Gasteiger charge is -2.02. The van der Waals surface area contributed by atoms with Crippen molar-refractivity contribution in [3.63, 3.8) is 0 Å². The van der Waals surface area contributed by atoms with Crippen LogP contribution in [0.25, 0.3) is 11.3 Å². The van der Waals surface area contributed by atoms with E-state index in [4.69, 9.17) is 5.11 Å². The number of aromatic carboxylic acids is 1. The van der Waals surface area contributed by atoms with E-state index < -0.39 is 17.6 Å². The highest BCUT2D eigenvalue weighted by Crippen LogP contribution is 2.26. The van der Waals surface area contributed by atoms with Crippen molar-refractivity contribution in [3.8, 4) is 11.3 Å². The number of carbonyl (C=O) groups is 1. The Morgan fingerprint density at radius 3 is 2.79 bits per heavy atom. The Labute approximate surface area is 108 Å². The minimum Gasteiger partial charge on any atom is -0.478 e. The Hall–Kier alpha value is -2.24. The molecule has 1 aromatic heterocycles. The highest BCUT2D eigenvalue weighted by molar-refractivity contribution is 5.94. The van der Waals surface area contributed by atoms with Gasteiger partial charge in [-0.2, -0.15) is 5.10 Å². The van der Waals surface area contributed by atoms with Crippen LogP contribution in [-0.2, 0) is 6.54 Å². The molecular weight excluding hydrogens is 254 g/mol. The molecule has 0 spiro atoms. The van der Waals surface area contributed by atoms with Crippen molar-refractivity contribution in [2.45, 2.75) is 19.9 Å². The molecule has 4 nitrogen and oxygen atoms in total. The number of aryl methyl sites for hydroxylation is 1. The predicted molar refractivity (Wildman–Crippen MR) is 64.8 cm³/mol. The number of aromatic nitrogens is 2. The van der Waals surface area contributed by atoms with E-state index in [1.807, 2.05) is 6.92 Å². The average molecular weight is 266 g/mol. The Kier molecular flexibility index (Phi) is 3.59. The van der Waals surface area contributed by atoms with Crippen molar-refractivity contribution >= 4 is 5.97 Å². The van der Waals surface area contributed by atoms with Crippen molar-refractivity contribution < 1.29 is 18.7 Å². The summed E-state index contributed by atoms with van der Waals surface area (Å²) in [6.45, 7) is 2.42. The molecule has 19 heavy (non-hydrogen) atoms. The van der Waals surface area contributed by atoms with Crippen molar-refractivity contribution in [3.05, 3.63) is 41.6 Å². The zero-order valence-corrected chi connectivity index (χ0v) is 10.2. The number of halogens is 2. The first kappa shape index (κ1) is 13.2. The number of carboxylic acid groups (broad SMARTS) is 1. The maximum Gasteiger partial charge on any atom is 0.339 e. The lowest BCUT2D eigenvalue weighted by Crippen LogP contribution is -1.99. The molecule has 1 aromatic carbocycles. The summed E-state index contributed by atoms with van der Waals surface area (Å²) in [6.07, 6.45) is 2.08. The number of hydrogen-bond donors (Lipinski definition) is 1. The lowest BCUT2D eigenvalue weighted by atomic mass is 10.1. The van der Waals surface area contributed by atoms with Gasteiger partial charge in [-0.05, 0) is 18.6 Å². The summed E-state index contributed by atoms with van der Waals surface area (Å²) in [5.74, 6) is -3.34. The number of nitrogens with zero attached hydrogens (tertiary/aromatic N) is 2. The third kappa shape index (κ3) is 2.47. The van der Waals surface area contributed by atoms with Gasteiger partial charge in [0, 0.05) is 18.3 Å². The van der Waals surface area contributed by atoms with Gasteiger partial charge in [-0.1, -0.05) is 13.0 Å². The molecule has 1 N–H and O–H groups in total.